The summed E-state index contributed by atoms with van der Waals surface area (Å²) in [5, 5.41) is 2.42. The molecule has 0 radical (unpaired) electrons. The SMILES string of the molecule is Nc1nccn2c([C@@H]3CCCN(C(=O)C45CC(C4)C5)C3)nc(-c3ccc(C(=O)Nc4cc(C(F)(F)F)ccn4)cc3)c12. The summed E-state index contributed by atoms with van der Waals surface area (Å²) in [7, 11) is 0. The fourth-order valence-electron chi connectivity index (χ4n) is 6.67. The summed E-state index contributed by atoms with van der Waals surface area (Å²) in [5.41, 5.74) is 7.48. The quantitative estimate of drug-likeness (QED) is 0.340. The van der Waals surface area contributed by atoms with Gasteiger partial charge in [-0.05, 0) is 62.3 Å². The Labute approximate surface area is 239 Å². The van der Waals surface area contributed by atoms with Gasteiger partial charge in [0.05, 0.1) is 11.0 Å². The van der Waals surface area contributed by atoms with Crippen molar-refractivity contribution in [3.63, 3.8) is 0 Å². The summed E-state index contributed by atoms with van der Waals surface area (Å²) in [5.74, 6) is 1.37. The van der Waals surface area contributed by atoms with Crippen molar-refractivity contribution in [2.45, 2.75) is 44.2 Å². The summed E-state index contributed by atoms with van der Waals surface area (Å²) < 4.78 is 41.0. The monoisotopic (exact) mass is 575 g/mol. The molecule has 4 aliphatic rings. The smallest absolute Gasteiger partial charge is 0.382 e. The van der Waals surface area contributed by atoms with Gasteiger partial charge in [0, 0.05) is 48.7 Å². The first-order valence-corrected chi connectivity index (χ1v) is 14.0. The molecule has 216 valence electrons. The minimum Gasteiger partial charge on any atom is -0.382 e. The van der Waals surface area contributed by atoms with Crippen molar-refractivity contribution in [3.05, 3.63) is 71.9 Å². The van der Waals surface area contributed by atoms with Crippen molar-refractivity contribution in [3.8, 4) is 11.3 Å². The highest BCUT2D eigenvalue weighted by Gasteiger charge is 2.62. The largest absolute Gasteiger partial charge is 0.416 e. The van der Waals surface area contributed by atoms with Gasteiger partial charge in [0.2, 0.25) is 5.91 Å². The number of anilines is 2. The third-order valence-corrected chi connectivity index (χ3v) is 8.93. The number of nitrogen functional groups attached to an aromatic ring is 1. The highest BCUT2D eigenvalue weighted by molar-refractivity contribution is 6.04. The molecule has 3 saturated carbocycles. The molecule has 0 unspecified atom stereocenters. The van der Waals surface area contributed by atoms with E-state index in [1.54, 1.807) is 30.5 Å². The number of halogens is 3. The molecule has 9 nitrogen and oxygen atoms in total. The molecule has 4 aromatic rings. The zero-order valence-corrected chi connectivity index (χ0v) is 22.6. The summed E-state index contributed by atoms with van der Waals surface area (Å²) in [6.45, 7) is 1.37. The van der Waals surface area contributed by atoms with E-state index in [0.717, 1.165) is 68.7 Å². The number of alkyl halides is 3. The molecule has 2 amide bonds. The van der Waals surface area contributed by atoms with Crippen LogP contribution in [0.3, 0.4) is 0 Å². The van der Waals surface area contributed by atoms with E-state index in [1.165, 1.54) is 0 Å². The minimum absolute atomic E-state index is 0.0307. The number of carbonyl (C=O) groups is 2. The number of nitrogens with one attached hydrogen (secondary N) is 1. The van der Waals surface area contributed by atoms with Gasteiger partial charge in [-0.3, -0.25) is 14.0 Å². The van der Waals surface area contributed by atoms with Gasteiger partial charge in [0.15, 0.2) is 0 Å². The first-order valence-electron chi connectivity index (χ1n) is 14.0. The van der Waals surface area contributed by atoms with Crippen LogP contribution in [0.1, 0.15) is 59.8 Å². The Balaban J connectivity index is 1.14. The van der Waals surface area contributed by atoms with E-state index >= 15 is 0 Å². The highest BCUT2D eigenvalue weighted by atomic mass is 19.4. The number of likely N-dealkylation sites (tertiary alicyclic amines) is 1. The molecular formula is C30H28F3N7O2. The molecule has 2 bridgehead atoms. The third kappa shape index (κ3) is 4.36. The van der Waals surface area contributed by atoms with Gasteiger partial charge in [0.25, 0.3) is 5.91 Å². The lowest BCUT2D eigenvalue weighted by atomic mass is 9.44. The number of hydrogen-bond donors (Lipinski definition) is 2. The molecule has 1 atom stereocenters. The molecule has 3 aromatic heterocycles. The molecule has 1 saturated heterocycles. The molecule has 3 aliphatic carbocycles. The number of fused-ring (bicyclic) bond motifs is 1. The molecular weight excluding hydrogens is 547 g/mol. The molecule has 4 heterocycles. The maximum absolute atomic E-state index is 13.3. The Morgan fingerprint density at radius 3 is 2.50 bits per heavy atom. The predicted octanol–water partition coefficient (Wildman–Crippen LogP) is 5.15. The minimum atomic E-state index is -4.55. The molecule has 1 aromatic carbocycles. The summed E-state index contributed by atoms with van der Waals surface area (Å²) in [4.78, 5) is 41.2. The molecule has 8 rings (SSSR count). The second-order valence-corrected chi connectivity index (χ2v) is 11.7. The summed E-state index contributed by atoms with van der Waals surface area (Å²) in [6, 6.07) is 8.20. The van der Waals surface area contributed by atoms with Gasteiger partial charge in [0.1, 0.15) is 28.7 Å². The Morgan fingerprint density at radius 2 is 1.81 bits per heavy atom. The highest BCUT2D eigenvalue weighted by Crippen LogP contribution is 2.65. The number of nitrogens with zero attached hydrogens (tertiary/aromatic N) is 5. The van der Waals surface area contributed by atoms with E-state index in [9.17, 15) is 22.8 Å². The van der Waals surface area contributed by atoms with Gasteiger partial charge in [-0.1, -0.05) is 12.1 Å². The number of aromatic nitrogens is 4. The first kappa shape index (κ1) is 26.4. The Kier molecular flexibility index (Phi) is 6.00. The van der Waals surface area contributed by atoms with E-state index in [1.807, 2.05) is 15.5 Å². The third-order valence-electron chi connectivity index (χ3n) is 8.93. The first-order chi connectivity index (χ1) is 20.1. The molecule has 1 aliphatic heterocycles. The van der Waals surface area contributed by atoms with Gasteiger partial charge in [-0.15, -0.1) is 0 Å². The van der Waals surface area contributed by atoms with E-state index in [4.69, 9.17) is 10.7 Å². The van der Waals surface area contributed by atoms with Crippen molar-refractivity contribution >= 4 is 29.0 Å². The van der Waals surface area contributed by atoms with E-state index in [2.05, 4.69) is 15.3 Å². The van der Waals surface area contributed by atoms with Crippen molar-refractivity contribution < 1.29 is 22.8 Å². The van der Waals surface area contributed by atoms with Crippen molar-refractivity contribution in [2.75, 3.05) is 24.1 Å². The predicted molar refractivity (Wildman–Crippen MR) is 148 cm³/mol. The average Bonchev–Trinajstić information content (AvgIpc) is 3.32. The van der Waals surface area contributed by atoms with Crippen LogP contribution >= 0.6 is 0 Å². The van der Waals surface area contributed by atoms with Crippen LogP contribution in [0.25, 0.3) is 16.8 Å². The number of pyridine rings is 1. The number of rotatable bonds is 5. The second-order valence-electron chi connectivity index (χ2n) is 11.7. The maximum atomic E-state index is 13.3. The van der Waals surface area contributed by atoms with Gasteiger partial charge in [-0.25, -0.2) is 15.0 Å². The fraction of sp³-hybridized carbons (Fsp3) is 0.367. The average molecular weight is 576 g/mol. The van der Waals surface area contributed by atoms with Gasteiger partial charge in [-0.2, -0.15) is 13.2 Å². The number of benzene rings is 1. The lowest BCUT2D eigenvalue weighted by Crippen LogP contribution is -2.62. The molecule has 4 fully saturated rings. The van der Waals surface area contributed by atoms with Gasteiger partial charge >= 0.3 is 6.18 Å². The topological polar surface area (TPSA) is 119 Å². The van der Waals surface area contributed by atoms with Crippen LogP contribution in [0.15, 0.2) is 55.0 Å². The fourth-order valence-corrected chi connectivity index (χ4v) is 6.67. The maximum Gasteiger partial charge on any atom is 0.416 e. The van der Waals surface area contributed by atoms with E-state index in [0.29, 0.717) is 29.1 Å². The molecule has 0 spiro atoms. The van der Waals surface area contributed by atoms with Crippen LogP contribution in [-0.2, 0) is 11.0 Å². The number of hydrogen-bond acceptors (Lipinski definition) is 6. The standard InChI is InChI=1S/C30H28F3N7O2/c31-30(32,33)21-7-8-35-22(12-21)37-27(41)19-5-3-18(4-6-19)23-24-25(34)36-9-11-40(24)26(38-23)20-2-1-10-39(16-20)28(42)29-13-17(14-29)15-29/h3-9,11-12,17,20H,1-2,10,13-16H2,(H2,34,36)(H,35,37,41)/t17?,20-,29?/m1/s1. The van der Waals surface area contributed by atoms with Crippen LogP contribution in [-0.4, -0.2) is 49.2 Å². The summed E-state index contributed by atoms with van der Waals surface area (Å²) >= 11 is 0. The Hall–Kier alpha value is -4.48. The van der Waals surface area contributed by atoms with Crippen LogP contribution in [0.4, 0.5) is 24.8 Å². The number of imidazole rings is 1. The Bertz CT molecular complexity index is 1700. The number of amides is 2. The van der Waals surface area contributed by atoms with Crippen molar-refractivity contribution in [2.24, 2.45) is 11.3 Å². The molecule has 3 N–H and O–H groups in total. The van der Waals surface area contributed by atoms with Crippen LogP contribution in [0, 0.1) is 11.3 Å². The van der Waals surface area contributed by atoms with Crippen molar-refractivity contribution in [1.82, 2.24) is 24.3 Å². The lowest BCUT2D eigenvalue weighted by Gasteiger charge is -2.61. The second kappa shape index (κ2) is 9.53. The summed E-state index contributed by atoms with van der Waals surface area (Å²) in [6.07, 6.45) is 4.76. The number of piperidine rings is 1. The number of carbonyl (C=O) groups excluding carboxylic acids is 2. The van der Waals surface area contributed by atoms with E-state index in [-0.39, 0.29) is 28.6 Å². The van der Waals surface area contributed by atoms with Crippen LogP contribution < -0.4 is 11.1 Å². The van der Waals surface area contributed by atoms with Crippen molar-refractivity contribution in [1.29, 1.82) is 0 Å². The van der Waals surface area contributed by atoms with Crippen LogP contribution in [0.5, 0.6) is 0 Å². The lowest BCUT2D eigenvalue weighted by molar-refractivity contribution is -0.178. The Morgan fingerprint density at radius 1 is 1.05 bits per heavy atom. The zero-order chi connectivity index (χ0) is 29.2. The van der Waals surface area contributed by atoms with Gasteiger partial charge < -0.3 is 16.0 Å². The molecule has 12 heteroatoms. The van der Waals surface area contributed by atoms with Crippen LogP contribution in [0.2, 0.25) is 0 Å². The number of nitrogens with two attached hydrogens (primary N) is 1. The zero-order valence-electron chi connectivity index (χ0n) is 22.6. The molecule has 42 heavy (non-hydrogen) atoms. The normalized spacial score (nSPS) is 23.3. The van der Waals surface area contributed by atoms with E-state index < -0.39 is 17.6 Å².